The molecule has 0 aliphatic rings. The van der Waals surface area contributed by atoms with E-state index in [-0.39, 0.29) is 11.9 Å². The van der Waals surface area contributed by atoms with Crippen molar-refractivity contribution >= 4 is 17.5 Å². The lowest BCUT2D eigenvalue weighted by Gasteiger charge is -2.27. The predicted octanol–water partition coefficient (Wildman–Crippen LogP) is 2.65. The molecule has 1 atom stereocenters. The van der Waals surface area contributed by atoms with Gasteiger partial charge in [-0.3, -0.25) is 4.79 Å². The molecule has 0 saturated carbocycles. The Bertz CT molecular complexity index is 417. The summed E-state index contributed by atoms with van der Waals surface area (Å²) in [4.78, 5) is 12.1. The molecule has 0 aliphatic heterocycles. The molecule has 1 N–H and O–H groups in total. The largest absolute Gasteiger partial charge is 0.478 e. The van der Waals surface area contributed by atoms with E-state index < -0.39 is 5.60 Å². The van der Waals surface area contributed by atoms with E-state index in [1.54, 1.807) is 45.2 Å². The van der Waals surface area contributed by atoms with Gasteiger partial charge in [-0.15, -0.1) is 0 Å². The molecule has 0 aromatic heterocycles. The Balaban J connectivity index is 2.64. The highest BCUT2D eigenvalue weighted by molar-refractivity contribution is 6.30. The average Bonchev–Trinajstić information content (AvgIpc) is 2.32. The van der Waals surface area contributed by atoms with Crippen LogP contribution in [-0.2, 0) is 9.53 Å². The zero-order valence-electron chi connectivity index (χ0n) is 11.7. The standard InChI is InChI=1S/C14H20ClNO3/c1-10(9-18-4)16-13(17)14(2,3)19-12-7-5-11(15)6-8-12/h5-8,10H,9H2,1-4H3,(H,16,17)/t10-/m0/s1. The van der Waals surface area contributed by atoms with Gasteiger partial charge in [-0.05, 0) is 45.0 Å². The summed E-state index contributed by atoms with van der Waals surface area (Å²) in [5, 5.41) is 3.47. The number of amides is 1. The summed E-state index contributed by atoms with van der Waals surface area (Å²) in [5.74, 6) is 0.413. The van der Waals surface area contributed by atoms with Crippen molar-refractivity contribution in [1.29, 1.82) is 0 Å². The van der Waals surface area contributed by atoms with Gasteiger partial charge in [-0.25, -0.2) is 0 Å². The Hall–Kier alpha value is -1.26. The summed E-state index contributed by atoms with van der Waals surface area (Å²) in [6.45, 7) is 5.77. The minimum Gasteiger partial charge on any atom is -0.478 e. The number of nitrogens with one attached hydrogen (secondary N) is 1. The third-order valence-corrected chi connectivity index (χ3v) is 2.78. The van der Waals surface area contributed by atoms with Crippen LogP contribution in [0.3, 0.4) is 0 Å². The van der Waals surface area contributed by atoms with Gasteiger partial charge in [0, 0.05) is 18.2 Å². The van der Waals surface area contributed by atoms with Crippen molar-refractivity contribution in [2.75, 3.05) is 13.7 Å². The summed E-state index contributed by atoms with van der Waals surface area (Å²) >= 11 is 5.80. The van der Waals surface area contributed by atoms with Gasteiger partial charge in [-0.1, -0.05) is 11.6 Å². The smallest absolute Gasteiger partial charge is 0.263 e. The summed E-state index contributed by atoms with van der Waals surface area (Å²) in [5.41, 5.74) is -0.962. The van der Waals surface area contributed by atoms with Crippen molar-refractivity contribution in [2.45, 2.75) is 32.4 Å². The lowest BCUT2D eigenvalue weighted by Crippen LogP contribution is -2.50. The molecule has 5 heteroatoms. The van der Waals surface area contributed by atoms with Crippen LogP contribution in [-0.4, -0.2) is 31.3 Å². The summed E-state index contributed by atoms with van der Waals surface area (Å²) in [7, 11) is 1.60. The van der Waals surface area contributed by atoms with E-state index >= 15 is 0 Å². The highest BCUT2D eigenvalue weighted by Crippen LogP contribution is 2.21. The third kappa shape index (κ3) is 5.09. The van der Waals surface area contributed by atoms with Crippen molar-refractivity contribution in [3.05, 3.63) is 29.3 Å². The van der Waals surface area contributed by atoms with Crippen LogP contribution in [0.4, 0.5) is 0 Å². The molecule has 0 saturated heterocycles. The zero-order chi connectivity index (χ0) is 14.5. The van der Waals surface area contributed by atoms with Crippen LogP contribution in [0.1, 0.15) is 20.8 Å². The quantitative estimate of drug-likeness (QED) is 0.874. The zero-order valence-corrected chi connectivity index (χ0v) is 12.5. The fourth-order valence-electron chi connectivity index (χ4n) is 1.53. The first kappa shape index (κ1) is 15.8. The summed E-state index contributed by atoms with van der Waals surface area (Å²) < 4.78 is 10.7. The molecule has 0 unspecified atom stereocenters. The Morgan fingerprint density at radius 2 is 1.95 bits per heavy atom. The summed E-state index contributed by atoms with van der Waals surface area (Å²) in [6.07, 6.45) is 0. The minimum absolute atomic E-state index is 0.0643. The molecule has 106 valence electrons. The van der Waals surface area contributed by atoms with E-state index in [1.807, 2.05) is 6.92 Å². The number of halogens is 1. The molecule has 0 aliphatic carbocycles. The molecule has 1 rings (SSSR count). The minimum atomic E-state index is -0.962. The maximum absolute atomic E-state index is 12.1. The molecule has 0 fully saturated rings. The van der Waals surface area contributed by atoms with Gasteiger partial charge in [0.05, 0.1) is 6.61 Å². The first-order valence-electron chi connectivity index (χ1n) is 6.09. The molecule has 0 spiro atoms. The van der Waals surface area contributed by atoms with E-state index in [0.29, 0.717) is 17.4 Å². The fraction of sp³-hybridized carbons (Fsp3) is 0.500. The molecule has 1 aromatic rings. The first-order chi connectivity index (χ1) is 8.85. The second-order valence-electron chi connectivity index (χ2n) is 4.90. The number of ether oxygens (including phenoxy) is 2. The van der Waals surface area contributed by atoms with Gasteiger partial charge in [0.15, 0.2) is 5.60 Å². The maximum Gasteiger partial charge on any atom is 0.263 e. The number of methoxy groups -OCH3 is 1. The summed E-state index contributed by atoms with van der Waals surface area (Å²) in [6, 6.07) is 6.84. The van der Waals surface area contributed by atoms with Gasteiger partial charge in [0.1, 0.15) is 5.75 Å². The van der Waals surface area contributed by atoms with Gasteiger partial charge in [-0.2, -0.15) is 0 Å². The predicted molar refractivity (Wildman–Crippen MR) is 75.6 cm³/mol. The second-order valence-corrected chi connectivity index (χ2v) is 5.33. The molecule has 0 radical (unpaired) electrons. The normalized spacial score (nSPS) is 12.9. The second kappa shape index (κ2) is 6.78. The number of rotatable bonds is 6. The molecule has 1 aromatic carbocycles. The molecule has 0 heterocycles. The van der Waals surface area contributed by atoms with Crippen LogP contribution in [0.25, 0.3) is 0 Å². The molecule has 4 nitrogen and oxygen atoms in total. The van der Waals surface area contributed by atoms with Crippen LogP contribution >= 0.6 is 11.6 Å². The number of carbonyl (C=O) groups is 1. The SMILES string of the molecule is COC[C@H](C)NC(=O)C(C)(C)Oc1ccc(Cl)cc1. The van der Waals surface area contributed by atoms with E-state index in [2.05, 4.69) is 5.32 Å². The van der Waals surface area contributed by atoms with Crippen molar-refractivity contribution in [3.8, 4) is 5.75 Å². The van der Waals surface area contributed by atoms with Gasteiger partial charge >= 0.3 is 0 Å². The maximum atomic E-state index is 12.1. The first-order valence-corrected chi connectivity index (χ1v) is 6.47. The highest BCUT2D eigenvalue weighted by Gasteiger charge is 2.30. The molecule has 1 amide bonds. The number of carbonyl (C=O) groups excluding carboxylic acids is 1. The van der Waals surface area contributed by atoms with Gasteiger partial charge in [0.25, 0.3) is 5.91 Å². The van der Waals surface area contributed by atoms with Crippen molar-refractivity contribution < 1.29 is 14.3 Å². The van der Waals surface area contributed by atoms with E-state index in [1.165, 1.54) is 0 Å². The Morgan fingerprint density at radius 3 is 2.47 bits per heavy atom. The Morgan fingerprint density at radius 1 is 1.37 bits per heavy atom. The van der Waals surface area contributed by atoms with Crippen molar-refractivity contribution in [1.82, 2.24) is 5.32 Å². The van der Waals surface area contributed by atoms with Gasteiger partial charge < -0.3 is 14.8 Å². The molecule has 0 bridgehead atoms. The lowest BCUT2D eigenvalue weighted by atomic mass is 10.1. The Labute approximate surface area is 119 Å². The number of hydrogen-bond acceptors (Lipinski definition) is 3. The molecule has 19 heavy (non-hydrogen) atoms. The van der Waals surface area contributed by atoms with Crippen LogP contribution in [0.15, 0.2) is 24.3 Å². The van der Waals surface area contributed by atoms with Crippen LogP contribution in [0.2, 0.25) is 5.02 Å². The average molecular weight is 286 g/mol. The van der Waals surface area contributed by atoms with Crippen molar-refractivity contribution in [2.24, 2.45) is 0 Å². The van der Waals surface area contributed by atoms with E-state index in [0.717, 1.165) is 0 Å². The number of hydrogen-bond donors (Lipinski definition) is 1. The number of benzene rings is 1. The highest BCUT2D eigenvalue weighted by atomic mass is 35.5. The van der Waals surface area contributed by atoms with Crippen molar-refractivity contribution in [3.63, 3.8) is 0 Å². The monoisotopic (exact) mass is 285 g/mol. The van der Waals surface area contributed by atoms with Crippen LogP contribution in [0.5, 0.6) is 5.75 Å². The van der Waals surface area contributed by atoms with E-state index in [4.69, 9.17) is 21.1 Å². The topological polar surface area (TPSA) is 47.6 Å². The Kier molecular flexibility index (Phi) is 5.63. The van der Waals surface area contributed by atoms with E-state index in [9.17, 15) is 4.79 Å². The van der Waals surface area contributed by atoms with Gasteiger partial charge in [0.2, 0.25) is 0 Å². The molecular formula is C14H20ClNO3. The fourth-order valence-corrected chi connectivity index (χ4v) is 1.66. The third-order valence-electron chi connectivity index (χ3n) is 2.53. The lowest BCUT2D eigenvalue weighted by molar-refractivity contribution is -0.135. The molecular weight excluding hydrogens is 266 g/mol. The van der Waals surface area contributed by atoms with Crippen LogP contribution in [0, 0.1) is 0 Å². The van der Waals surface area contributed by atoms with Crippen LogP contribution < -0.4 is 10.1 Å².